The maximum atomic E-state index is 4.09. The van der Waals surface area contributed by atoms with E-state index in [1.807, 2.05) is 12.3 Å². The molecule has 1 aromatic rings. The number of hydrogen-bond acceptors (Lipinski definition) is 1. The van der Waals surface area contributed by atoms with Gasteiger partial charge in [-0.3, -0.25) is 4.98 Å². The first kappa shape index (κ1) is 12.7. The summed E-state index contributed by atoms with van der Waals surface area (Å²) in [6.45, 7) is 6.55. The Morgan fingerprint density at radius 3 is 2.88 bits per heavy atom. The number of rotatable bonds is 5. The van der Waals surface area contributed by atoms with Gasteiger partial charge in [0.05, 0.1) is 0 Å². The molecule has 0 N–H and O–H groups in total. The van der Waals surface area contributed by atoms with Crippen LogP contribution in [0.5, 0.6) is 0 Å². The Balaban J connectivity index is 2.37. The molecule has 0 aliphatic carbocycles. The van der Waals surface area contributed by atoms with Crippen LogP contribution in [-0.2, 0) is 0 Å². The quantitative estimate of drug-likeness (QED) is 0.660. The normalized spacial score (nSPS) is 12.7. The van der Waals surface area contributed by atoms with E-state index in [4.69, 9.17) is 0 Å². The summed E-state index contributed by atoms with van der Waals surface area (Å²) in [5.41, 5.74) is 2.58. The molecule has 1 nitrogen and oxygen atoms in total. The second-order valence-corrected chi connectivity index (χ2v) is 4.48. The lowest BCUT2D eigenvalue weighted by molar-refractivity contribution is 0.659. The number of hydrogen-bond donors (Lipinski definition) is 0. The number of allylic oxidation sites excluding steroid dienone is 3. The van der Waals surface area contributed by atoms with Crippen LogP contribution in [0, 0.1) is 5.92 Å². The summed E-state index contributed by atoms with van der Waals surface area (Å²) in [6.07, 6.45) is 12.8. The van der Waals surface area contributed by atoms with Crippen molar-refractivity contribution in [3.05, 3.63) is 47.8 Å². The fourth-order valence-electron chi connectivity index (χ4n) is 1.48. The molecule has 1 rings (SSSR count). The molecule has 1 aromatic heterocycles. The van der Waals surface area contributed by atoms with Crippen molar-refractivity contribution in [2.45, 2.75) is 33.6 Å². The highest BCUT2D eigenvalue weighted by Gasteiger charge is 1.95. The zero-order chi connectivity index (χ0) is 11.8. The molecule has 0 aromatic carbocycles. The van der Waals surface area contributed by atoms with E-state index in [2.05, 4.69) is 50.0 Å². The molecule has 1 heterocycles. The average Bonchev–Trinajstić information content (AvgIpc) is 2.27. The highest BCUT2D eigenvalue weighted by atomic mass is 14.6. The lowest BCUT2D eigenvalue weighted by atomic mass is 10.0. The van der Waals surface area contributed by atoms with Gasteiger partial charge in [-0.25, -0.2) is 0 Å². The Bertz CT molecular complexity index is 345. The largest absolute Gasteiger partial charge is 0.264 e. The molecule has 0 aliphatic heterocycles. The van der Waals surface area contributed by atoms with Crippen molar-refractivity contribution < 1.29 is 0 Å². The topological polar surface area (TPSA) is 12.9 Å². The van der Waals surface area contributed by atoms with E-state index in [-0.39, 0.29) is 0 Å². The van der Waals surface area contributed by atoms with Crippen molar-refractivity contribution in [3.63, 3.8) is 0 Å². The Morgan fingerprint density at radius 1 is 1.44 bits per heavy atom. The molecule has 0 radical (unpaired) electrons. The third kappa shape index (κ3) is 5.50. The summed E-state index contributed by atoms with van der Waals surface area (Å²) in [7, 11) is 0. The summed E-state index contributed by atoms with van der Waals surface area (Å²) in [6, 6.07) is 4.04. The van der Waals surface area contributed by atoms with Gasteiger partial charge in [0, 0.05) is 12.4 Å². The number of pyridine rings is 1. The van der Waals surface area contributed by atoms with E-state index < -0.39 is 0 Å². The summed E-state index contributed by atoms with van der Waals surface area (Å²) < 4.78 is 0. The molecule has 16 heavy (non-hydrogen) atoms. The van der Waals surface area contributed by atoms with Crippen LogP contribution >= 0.6 is 0 Å². The minimum atomic E-state index is 0.621. The minimum Gasteiger partial charge on any atom is -0.264 e. The maximum Gasteiger partial charge on any atom is 0.0340 e. The van der Waals surface area contributed by atoms with Crippen LogP contribution in [0.25, 0.3) is 6.08 Å². The molecule has 0 bridgehead atoms. The van der Waals surface area contributed by atoms with Crippen LogP contribution in [0.1, 0.15) is 39.2 Å². The zero-order valence-corrected chi connectivity index (χ0v) is 10.5. The maximum absolute atomic E-state index is 4.09. The second kappa shape index (κ2) is 7.00. The van der Waals surface area contributed by atoms with Crippen molar-refractivity contribution in [2.24, 2.45) is 5.92 Å². The molecular weight excluding hydrogens is 194 g/mol. The first-order valence-corrected chi connectivity index (χ1v) is 5.90. The van der Waals surface area contributed by atoms with Gasteiger partial charge in [-0.2, -0.15) is 0 Å². The van der Waals surface area contributed by atoms with Crippen LogP contribution in [0.4, 0.5) is 0 Å². The van der Waals surface area contributed by atoms with Crippen LogP contribution in [0.15, 0.2) is 42.3 Å². The van der Waals surface area contributed by atoms with Gasteiger partial charge in [-0.05, 0) is 44.2 Å². The lowest BCUT2D eigenvalue weighted by Gasteiger charge is -2.03. The van der Waals surface area contributed by atoms with Gasteiger partial charge in [0.25, 0.3) is 0 Å². The van der Waals surface area contributed by atoms with Crippen molar-refractivity contribution in [3.8, 4) is 0 Å². The van der Waals surface area contributed by atoms with E-state index in [9.17, 15) is 0 Å². The Morgan fingerprint density at radius 2 is 2.25 bits per heavy atom. The highest BCUT2D eigenvalue weighted by molar-refractivity contribution is 5.47. The molecule has 0 saturated heterocycles. The smallest absolute Gasteiger partial charge is 0.0340 e. The Hall–Kier alpha value is -1.37. The molecule has 0 saturated carbocycles. The SMILES string of the molecule is CC(C)=CCCC(C)/C=C/c1cccnc1. The molecule has 0 aliphatic rings. The molecule has 1 unspecified atom stereocenters. The first-order chi connectivity index (χ1) is 7.68. The van der Waals surface area contributed by atoms with Gasteiger partial charge < -0.3 is 0 Å². The minimum absolute atomic E-state index is 0.621. The standard InChI is InChI=1S/C15H21N/c1-13(2)6-4-7-14(3)9-10-15-8-5-11-16-12-15/h5-6,8-12,14H,4,7H2,1-3H3/b10-9+. The van der Waals surface area contributed by atoms with E-state index in [1.165, 1.54) is 24.0 Å². The average molecular weight is 215 g/mol. The first-order valence-electron chi connectivity index (χ1n) is 5.90. The summed E-state index contributed by atoms with van der Waals surface area (Å²) in [4.78, 5) is 4.09. The van der Waals surface area contributed by atoms with E-state index >= 15 is 0 Å². The summed E-state index contributed by atoms with van der Waals surface area (Å²) >= 11 is 0. The van der Waals surface area contributed by atoms with Crippen molar-refractivity contribution in [2.75, 3.05) is 0 Å². The van der Waals surface area contributed by atoms with Crippen LogP contribution in [0.2, 0.25) is 0 Å². The third-order valence-corrected chi connectivity index (χ3v) is 2.48. The number of nitrogens with zero attached hydrogens (tertiary/aromatic N) is 1. The monoisotopic (exact) mass is 215 g/mol. The van der Waals surface area contributed by atoms with Gasteiger partial charge in [-0.15, -0.1) is 0 Å². The molecule has 0 fully saturated rings. The van der Waals surface area contributed by atoms with Crippen molar-refractivity contribution >= 4 is 6.08 Å². The van der Waals surface area contributed by atoms with Gasteiger partial charge in [0.15, 0.2) is 0 Å². The summed E-state index contributed by atoms with van der Waals surface area (Å²) in [5, 5.41) is 0. The highest BCUT2D eigenvalue weighted by Crippen LogP contribution is 2.11. The van der Waals surface area contributed by atoms with Gasteiger partial charge in [0.1, 0.15) is 0 Å². The predicted molar refractivity (Wildman–Crippen MR) is 71.1 cm³/mol. The van der Waals surface area contributed by atoms with Crippen molar-refractivity contribution in [1.82, 2.24) is 4.98 Å². The lowest BCUT2D eigenvalue weighted by Crippen LogP contribution is -1.88. The van der Waals surface area contributed by atoms with Gasteiger partial charge in [0.2, 0.25) is 0 Å². The van der Waals surface area contributed by atoms with Gasteiger partial charge in [-0.1, -0.05) is 36.8 Å². The molecule has 86 valence electrons. The molecule has 0 spiro atoms. The van der Waals surface area contributed by atoms with E-state index in [0.29, 0.717) is 5.92 Å². The van der Waals surface area contributed by atoms with E-state index in [1.54, 1.807) is 6.20 Å². The zero-order valence-electron chi connectivity index (χ0n) is 10.5. The van der Waals surface area contributed by atoms with E-state index in [0.717, 1.165) is 0 Å². The fourth-order valence-corrected chi connectivity index (χ4v) is 1.48. The van der Waals surface area contributed by atoms with Crippen LogP contribution in [0.3, 0.4) is 0 Å². The number of aromatic nitrogens is 1. The summed E-state index contributed by atoms with van der Waals surface area (Å²) in [5.74, 6) is 0.621. The van der Waals surface area contributed by atoms with Gasteiger partial charge >= 0.3 is 0 Å². The molecule has 1 atom stereocenters. The fraction of sp³-hybridized carbons (Fsp3) is 0.400. The molecular formula is C15H21N. The van der Waals surface area contributed by atoms with Crippen molar-refractivity contribution in [1.29, 1.82) is 0 Å². The predicted octanol–water partition coefficient (Wildman–Crippen LogP) is 4.48. The second-order valence-electron chi connectivity index (χ2n) is 4.48. The molecule has 1 heteroatoms. The Kier molecular flexibility index (Phi) is 5.55. The third-order valence-electron chi connectivity index (χ3n) is 2.48. The Labute approximate surface area is 98.9 Å². The van der Waals surface area contributed by atoms with Crippen LogP contribution < -0.4 is 0 Å². The van der Waals surface area contributed by atoms with Crippen LogP contribution in [-0.4, -0.2) is 4.98 Å². The molecule has 0 amide bonds.